The fourth-order valence-electron chi connectivity index (χ4n) is 6.96. The fourth-order valence-corrected chi connectivity index (χ4v) is 6.96. The lowest BCUT2D eigenvalue weighted by molar-refractivity contribution is -0.152. The molecule has 29 heavy (non-hydrogen) atoms. The van der Waals surface area contributed by atoms with Crippen molar-refractivity contribution in [1.82, 2.24) is 10.6 Å². The van der Waals surface area contributed by atoms with E-state index in [-0.39, 0.29) is 36.4 Å². The van der Waals surface area contributed by atoms with Gasteiger partial charge in [0.05, 0.1) is 0 Å². The summed E-state index contributed by atoms with van der Waals surface area (Å²) in [5.74, 6) is 2.31. The van der Waals surface area contributed by atoms with E-state index in [1.165, 1.54) is 25.7 Å². The second kappa shape index (κ2) is 8.27. The van der Waals surface area contributed by atoms with Crippen LogP contribution in [0.15, 0.2) is 0 Å². The van der Waals surface area contributed by atoms with Crippen LogP contribution in [0.2, 0.25) is 0 Å². The molecule has 0 aromatic rings. The first-order chi connectivity index (χ1) is 13.8. The number of amides is 2. The molecule has 5 fully saturated rings. The third-order valence-electron chi connectivity index (χ3n) is 8.33. The SMILES string of the molecule is C[C@@H]1[C@H](C)CCC[C@H]1NC(=O)COC(=O)CNC(=O)C12CC3CC(CC(C3)C1)C2. The highest BCUT2D eigenvalue weighted by Crippen LogP contribution is 2.60. The minimum absolute atomic E-state index is 0.0167. The van der Waals surface area contributed by atoms with Crippen LogP contribution in [0.25, 0.3) is 0 Å². The molecule has 4 bridgehead atoms. The Hall–Kier alpha value is -1.59. The van der Waals surface area contributed by atoms with E-state index in [1.807, 2.05) is 0 Å². The van der Waals surface area contributed by atoms with Crippen molar-refractivity contribution in [3.8, 4) is 0 Å². The van der Waals surface area contributed by atoms with E-state index in [4.69, 9.17) is 4.74 Å². The molecule has 5 saturated carbocycles. The molecule has 2 N–H and O–H groups in total. The van der Waals surface area contributed by atoms with Crippen LogP contribution in [0.4, 0.5) is 0 Å². The molecule has 0 aliphatic heterocycles. The average Bonchev–Trinajstić information content (AvgIpc) is 2.67. The maximum atomic E-state index is 12.9. The van der Waals surface area contributed by atoms with Crippen molar-refractivity contribution >= 4 is 17.8 Å². The van der Waals surface area contributed by atoms with Gasteiger partial charge in [0.15, 0.2) is 6.61 Å². The van der Waals surface area contributed by atoms with Crippen molar-refractivity contribution in [2.45, 2.75) is 77.7 Å². The van der Waals surface area contributed by atoms with Crippen LogP contribution in [0.3, 0.4) is 0 Å². The Morgan fingerprint density at radius 1 is 0.966 bits per heavy atom. The molecular formula is C23H36N2O4. The average molecular weight is 405 g/mol. The highest BCUT2D eigenvalue weighted by atomic mass is 16.5. The van der Waals surface area contributed by atoms with Crippen LogP contribution in [0.1, 0.15) is 71.6 Å². The van der Waals surface area contributed by atoms with Crippen LogP contribution in [0, 0.1) is 35.0 Å². The molecule has 0 saturated heterocycles. The molecule has 6 heteroatoms. The van der Waals surface area contributed by atoms with Gasteiger partial charge in [0, 0.05) is 11.5 Å². The number of ether oxygens (including phenoxy) is 1. The van der Waals surface area contributed by atoms with Gasteiger partial charge in [-0.1, -0.05) is 26.7 Å². The normalized spacial score (nSPS) is 40.3. The third kappa shape index (κ3) is 4.46. The lowest BCUT2D eigenvalue weighted by Crippen LogP contribution is -2.54. The molecule has 2 amide bonds. The molecular weight excluding hydrogens is 368 g/mol. The van der Waals surface area contributed by atoms with Crippen molar-refractivity contribution in [2.24, 2.45) is 35.0 Å². The Bertz CT molecular complexity index is 626. The van der Waals surface area contributed by atoms with E-state index < -0.39 is 5.97 Å². The molecule has 0 spiro atoms. The van der Waals surface area contributed by atoms with Crippen molar-refractivity contribution in [3.05, 3.63) is 0 Å². The summed E-state index contributed by atoms with van der Waals surface area (Å²) in [6.45, 7) is 3.96. The minimum atomic E-state index is -0.539. The number of hydrogen-bond acceptors (Lipinski definition) is 4. The molecule has 6 nitrogen and oxygen atoms in total. The molecule has 0 radical (unpaired) electrons. The minimum Gasteiger partial charge on any atom is -0.454 e. The Morgan fingerprint density at radius 3 is 2.21 bits per heavy atom. The molecule has 0 unspecified atom stereocenters. The number of esters is 1. The lowest BCUT2D eigenvalue weighted by atomic mass is 9.49. The zero-order valence-electron chi connectivity index (χ0n) is 17.9. The summed E-state index contributed by atoms with van der Waals surface area (Å²) in [7, 11) is 0. The number of nitrogens with one attached hydrogen (secondary N) is 2. The Kier molecular flexibility index (Phi) is 5.90. The molecule has 162 valence electrons. The molecule has 0 heterocycles. The first-order valence-corrected chi connectivity index (χ1v) is 11.6. The predicted octanol–water partition coefficient (Wildman–Crippen LogP) is 2.80. The second-order valence-electron chi connectivity index (χ2n) is 10.5. The van der Waals surface area contributed by atoms with Crippen LogP contribution in [0.5, 0.6) is 0 Å². The van der Waals surface area contributed by atoms with E-state index in [9.17, 15) is 14.4 Å². The monoisotopic (exact) mass is 404 g/mol. The van der Waals surface area contributed by atoms with Gasteiger partial charge in [0.2, 0.25) is 5.91 Å². The summed E-state index contributed by atoms with van der Waals surface area (Å²) in [6.07, 6.45) is 10.1. The molecule has 0 aromatic heterocycles. The van der Waals surface area contributed by atoms with E-state index in [0.717, 1.165) is 32.1 Å². The van der Waals surface area contributed by atoms with Crippen molar-refractivity contribution in [3.63, 3.8) is 0 Å². The van der Waals surface area contributed by atoms with Gasteiger partial charge in [0.25, 0.3) is 5.91 Å². The van der Waals surface area contributed by atoms with Gasteiger partial charge in [-0.3, -0.25) is 14.4 Å². The summed E-state index contributed by atoms with van der Waals surface area (Å²) >= 11 is 0. The third-order valence-corrected chi connectivity index (χ3v) is 8.33. The summed E-state index contributed by atoms with van der Waals surface area (Å²) in [5, 5.41) is 5.82. The van der Waals surface area contributed by atoms with E-state index in [0.29, 0.717) is 29.6 Å². The first kappa shape index (κ1) is 20.7. The summed E-state index contributed by atoms with van der Waals surface area (Å²) in [5.41, 5.74) is -0.264. The number of rotatable bonds is 6. The van der Waals surface area contributed by atoms with Gasteiger partial charge in [-0.15, -0.1) is 0 Å². The topological polar surface area (TPSA) is 84.5 Å². The Balaban J connectivity index is 1.18. The second-order valence-corrected chi connectivity index (χ2v) is 10.5. The van der Waals surface area contributed by atoms with Gasteiger partial charge in [0.1, 0.15) is 6.54 Å². The highest BCUT2D eigenvalue weighted by molar-refractivity contribution is 5.87. The summed E-state index contributed by atoms with van der Waals surface area (Å²) in [6, 6.07) is 0.153. The molecule has 5 rings (SSSR count). The zero-order chi connectivity index (χ0) is 20.6. The maximum absolute atomic E-state index is 12.9. The largest absolute Gasteiger partial charge is 0.454 e. The van der Waals surface area contributed by atoms with Gasteiger partial charge < -0.3 is 15.4 Å². The van der Waals surface area contributed by atoms with Crippen LogP contribution >= 0.6 is 0 Å². The number of hydrogen-bond donors (Lipinski definition) is 2. The Labute approximate surface area is 173 Å². The number of carbonyl (C=O) groups is 3. The lowest BCUT2D eigenvalue weighted by Gasteiger charge is -2.55. The molecule has 3 atom stereocenters. The van der Waals surface area contributed by atoms with Gasteiger partial charge in [-0.2, -0.15) is 0 Å². The van der Waals surface area contributed by atoms with Gasteiger partial charge >= 0.3 is 5.97 Å². The highest BCUT2D eigenvalue weighted by Gasteiger charge is 2.54. The van der Waals surface area contributed by atoms with Crippen LogP contribution in [-0.4, -0.2) is 37.0 Å². The molecule has 0 aromatic carbocycles. The Morgan fingerprint density at radius 2 is 1.59 bits per heavy atom. The summed E-state index contributed by atoms with van der Waals surface area (Å²) in [4.78, 5) is 37.1. The van der Waals surface area contributed by atoms with Crippen LogP contribution in [-0.2, 0) is 19.1 Å². The van der Waals surface area contributed by atoms with Crippen molar-refractivity contribution < 1.29 is 19.1 Å². The zero-order valence-corrected chi connectivity index (χ0v) is 17.9. The standard InChI is InChI=1S/C23H36N2O4/c1-14-4-3-5-19(15(14)2)25-20(26)13-29-21(27)12-24-22(28)23-9-16-6-17(10-23)8-18(7-16)11-23/h14-19H,3-13H2,1-2H3,(H,24,28)(H,25,26)/t14-,15-,16?,17?,18?,19-,23?/m1/s1. The van der Waals surface area contributed by atoms with Crippen molar-refractivity contribution in [2.75, 3.05) is 13.2 Å². The molecule has 5 aliphatic rings. The number of carbonyl (C=O) groups excluding carboxylic acids is 3. The van der Waals surface area contributed by atoms with Crippen LogP contribution < -0.4 is 10.6 Å². The first-order valence-electron chi connectivity index (χ1n) is 11.6. The maximum Gasteiger partial charge on any atom is 0.325 e. The smallest absolute Gasteiger partial charge is 0.325 e. The predicted molar refractivity (Wildman–Crippen MR) is 109 cm³/mol. The fraction of sp³-hybridized carbons (Fsp3) is 0.870. The van der Waals surface area contributed by atoms with E-state index in [2.05, 4.69) is 24.5 Å². The van der Waals surface area contributed by atoms with E-state index in [1.54, 1.807) is 0 Å². The molecule has 5 aliphatic carbocycles. The summed E-state index contributed by atoms with van der Waals surface area (Å²) < 4.78 is 5.11. The van der Waals surface area contributed by atoms with Crippen molar-refractivity contribution in [1.29, 1.82) is 0 Å². The van der Waals surface area contributed by atoms with E-state index >= 15 is 0 Å². The quantitative estimate of drug-likeness (QED) is 0.667. The van der Waals surface area contributed by atoms with Gasteiger partial charge in [-0.25, -0.2) is 0 Å². The van der Waals surface area contributed by atoms with Gasteiger partial charge in [-0.05, 0) is 74.5 Å².